The van der Waals surface area contributed by atoms with Gasteiger partial charge in [0.05, 0.1) is 6.42 Å². The summed E-state index contributed by atoms with van der Waals surface area (Å²) in [5.41, 5.74) is 0.657. The summed E-state index contributed by atoms with van der Waals surface area (Å²) in [6, 6.07) is 3.09. The van der Waals surface area contributed by atoms with E-state index in [-0.39, 0.29) is 12.0 Å². The fourth-order valence-corrected chi connectivity index (χ4v) is 1.71. The van der Waals surface area contributed by atoms with Crippen molar-refractivity contribution in [3.05, 3.63) is 33.5 Å². The first-order valence-electron chi connectivity index (χ1n) is 3.67. The predicted octanol–water partition coefficient (Wildman–Crippen LogP) is 2.52. The Morgan fingerprint density at radius 1 is 1.62 bits per heavy atom. The van der Waals surface area contributed by atoms with E-state index in [0.29, 0.717) is 10.0 Å². The van der Waals surface area contributed by atoms with Gasteiger partial charge in [-0.2, -0.15) is 0 Å². The van der Waals surface area contributed by atoms with Crippen molar-refractivity contribution in [2.45, 2.75) is 13.3 Å². The normalized spacial score (nSPS) is 10.1. The summed E-state index contributed by atoms with van der Waals surface area (Å²) in [6.07, 6.45) is -0.286. The van der Waals surface area contributed by atoms with Crippen molar-refractivity contribution in [2.75, 3.05) is 0 Å². The zero-order valence-electron chi connectivity index (χ0n) is 6.97. The van der Waals surface area contributed by atoms with E-state index in [4.69, 9.17) is 5.11 Å². The molecule has 0 aliphatic carbocycles. The molecule has 0 unspecified atom stereocenters. The quantitative estimate of drug-likeness (QED) is 0.871. The number of aryl methyl sites for hydroxylation is 1. The molecule has 1 N–H and O–H groups in total. The van der Waals surface area contributed by atoms with E-state index >= 15 is 0 Å². The number of hydrogen-bond donors (Lipinski definition) is 1. The third-order valence-electron chi connectivity index (χ3n) is 1.64. The van der Waals surface area contributed by atoms with Crippen LogP contribution < -0.4 is 0 Å². The van der Waals surface area contributed by atoms with Gasteiger partial charge in [0.25, 0.3) is 0 Å². The van der Waals surface area contributed by atoms with Crippen molar-refractivity contribution in [3.63, 3.8) is 0 Å². The number of carboxylic acids is 1. The highest BCUT2D eigenvalue weighted by molar-refractivity contribution is 9.10. The molecule has 1 rings (SSSR count). The summed E-state index contributed by atoms with van der Waals surface area (Å²) >= 11 is 3.18. The maximum absolute atomic E-state index is 13.3. The van der Waals surface area contributed by atoms with Crippen LogP contribution >= 0.6 is 15.9 Å². The molecular formula is C9H8BrFO2. The first kappa shape index (κ1) is 10.2. The van der Waals surface area contributed by atoms with E-state index in [9.17, 15) is 9.18 Å². The number of carbonyl (C=O) groups is 1. The Morgan fingerprint density at radius 2 is 2.23 bits per heavy atom. The van der Waals surface area contributed by atoms with E-state index in [1.165, 1.54) is 6.07 Å². The van der Waals surface area contributed by atoms with Crippen LogP contribution in [0.5, 0.6) is 0 Å². The minimum Gasteiger partial charge on any atom is -0.481 e. The van der Waals surface area contributed by atoms with Gasteiger partial charge in [-0.15, -0.1) is 0 Å². The topological polar surface area (TPSA) is 37.3 Å². The Hall–Kier alpha value is -0.900. The number of hydrogen-bond acceptors (Lipinski definition) is 1. The summed E-state index contributed by atoms with van der Waals surface area (Å²) < 4.78 is 14.0. The van der Waals surface area contributed by atoms with Crippen LogP contribution in [0, 0.1) is 12.7 Å². The van der Waals surface area contributed by atoms with Gasteiger partial charge in [0, 0.05) is 10.0 Å². The average molecular weight is 247 g/mol. The van der Waals surface area contributed by atoms with E-state index in [1.54, 1.807) is 13.0 Å². The standard InChI is InChI=1S/C9H8BrFO2/c1-5-2-7(10)3-6(9(5)11)4-8(12)13/h2-3H,4H2,1H3,(H,12,13). The van der Waals surface area contributed by atoms with Crippen molar-refractivity contribution in [1.29, 1.82) is 0 Å². The minimum atomic E-state index is -1.03. The van der Waals surface area contributed by atoms with Crippen LogP contribution in [-0.4, -0.2) is 11.1 Å². The summed E-state index contributed by atoms with van der Waals surface area (Å²) in [7, 11) is 0. The number of carboxylic acid groups (broad SMARTS) is 1. The van der Waals surface area contributed by atoms with Crippen LogP contribution in [0.4, 0.5) is 4.39 Å². The first-order chi connectivity index (χ1) is 6.00. The lowest BCUT2D eigenvalue weighted by molar-refractivity contribution is -0.136. The van der Waals surface area contributed by atoms with E-state index in [2.05, 4.69) is 15.9 Å². The lowest BCUT2D eigenvalue weighted by Crippen LogP contribution is -2.03. The molecule has 0 amide bonds. The van der Waals surface area contributed by atoms with E-state index < -0.39 is 11.8 Å². The predicted molar refractivity (Wildman–Crippen MR) is 50.2 cm³/mol. The fraction of sp³-hybridized carbons (Fsp3) is 0.222. The Bertz CT molecular complexity index is 350. The van der Waals surface area contributed by atoms with E-state index in [1.807, 2.05) is 0 Å². The summed E-state index contributed by atoms with van der Waals surface area (Å²) in [5, 5.41) is 8.49. The van der Waals surface area contributed by atoms with Crippen molar-refractivity contribution in [2.24, 2.45) is 0 Å². The number of benzene rings is 1. The van der Waals surface area contributed by atoms with Gasteiger partial charge < -0.3 is 5.11 Å². The number of rotatable bonds is 2. The zero-order chi connectivity index (χ0) is 10.0. The smallest absolute Gasteiger partial charge is 0.307 e. The van der Waals surface area contributed by atoms with Gasteiger partial charge in [-0.05, 0) is 24.6 Å². The largest absolute Gasteiger partial charge is 0.481 e. The zero-order valence-corrected chi connectivity index (χ0v) is 8.56. The third kappa shape index (κ3) is 2.52. The molecule has 0 saturated carbocycles. The molecule has 0 aromatic heterocycles. The van der Waals surface area contributed by atoms with Crippen molar-refractivity contribution >= 4 is 21.9 Å². The molecule has 0 saturated heterocycles. The van der Waals surface area contributed by atoms with Crippen LogP contribution in [0.2, 0.25) is 0 Å². The average Bonchev–Trinajstić information content (AvgIpc) is 1.98. The van der Waals surface area contributed by atoms with Gasteiger partial charge in [0.1, 0.15) is 5.82 Å². The number of halogens is 2. The van der Waals surface area contributed by atoms with E-state index in [0.717, 1.165) is 0 Å². The lowest BCUT2D eigenvalue weighted by atomic mass is 10.1. The molecule has 0 spiro atoms. The highest BCUT2D eigenvalue weighted by atomic mass is 79.9. The van der Waals surface area contributed by atoms with Crippen LogP contribution in [0.3, 0.4) is 0 Å². The Kier molecular flexibility index (Phi) is 3.03. The molecule has 13 heavy (non-hydrogen) atoms. The molecule has 0 radical (unpaired) electrons. The molecule has 4 heteroatoms. The first-order valence-corrected chi connectivity index (χ1v) is 4.46. The highest BCUT2D eigenvalue weighted by Crippen LogP contribution is 2.20. The monoisotopic (exact) mass is 246 g/mol. The van der Waals surface area contributed by atoms with Gasteiger partial charge in [-0.25, -0.2) is 4.39 Å². The van der Waals surface area contributed by atoms with Gasteiger partial charge >= 0.3 is 5.97 Å². The molecular weight excluding hydrogens is 239 g/mol. The maximum Gasteiger partial charge on any atom is 0.307 e. The fourth-order valence-electron chi connectivity index (χ4n) is 1.09. The molecule has 0 aliphatic heterocycles. The Balaban J connectivity index is 3.12. The molecule has 0 bridgehead atoms. The van der Waals surface area contributed by atoms with Crippen LogP contribution in [0.1, 0.15) is 11.1 Å². The second-order valence-corrected chi connectivity index (χ2v) is 3.68. The lowest BCUT2D eigenvalue weighted by Gasteiger charge is -2.03. The van der Waals surface area contributed by atoms with Crippen molar-refractivity contribution < 1.29 is 14.3 Å². The molecule has 1 aromatic rings. The molecule has 1 aromatic carbocycles. The van der Waals surface area contributed by atoms with Gasteiger partial charge in [0.2, 0.25) is 0 Å². The Labute approximate surface area is 83.5 Å². The molecule has 70 valence electrons. The van der Waals surface area contributed by atoms with Crippen molar-refractivity contribution in [1.82, 2.24) is 0 Å². The second-order valence-electron chi connectivity index (χ2n) is 2.77. The Morgan fingerprint density at radius 3 is 2.77 bits per heavy atom. The molecule has 0 heterocycles. The van der Waals surface area contributed by atoms with Crippen LogP contribution in [0.25, 0.3) is 0 Å². The summed E-state index contributed by atoms with van der Waals surface area (Å²) in [4.78, 5) is 10.4. The van der Waals surface area contributed by atoms with Crippen LogP contribution in [-0.2, 0) is 11.2 Å². The SMILES string of the molecule is Cc1cc(Br)cc(CC(=O)O)c1F. The maximum atomic E-state index is 13.3. The van der Waals surface area contributed by atoms with Gasteiger partial charge in [-0.3, -0.25) is 4.79 Å². The number of aliphatic carboxylic acids is 1. The molecule has 2 nitrogen and oxygen atoms in total. The highest BCUT2D eigenvalue weighted by Gasteiger charge is 2.09. The third-order valence-corrected chi connectivity index (χ3v) is 2.09. The minimum absolute atomic E-state index is 0.208. The summed E-state index contributed by atoms with van der Waals surface area (Å²) in [6.45, 7) is 1.60. The van der Waals surface area contributed by atoms with Gasteiger partial charge in [0.15, 0.2) is 0 Å². The second kappa shape index (κ2) is 3.87. The molecule has 0 aliphatic rings. The molecule has 0 fully saturated rings. The van der Waals surface area contributed by atoms with Crippen LogP contribution in [0.15, 0.2) is 16.6 Å². The summed E-state index contributed by atoms with van der Waals surface area (Å²) in [5.74, 6) is -1.47. The van der Waals surface area contributed by atoms with Crippen molar-refractivity contribution in [3.8, 4) is 0 Å². The molecule has 0 atom stereocenters. The van der Waals surface area contributed by atoms with Gasteiger partial charge in [-0.1, -0.05) is 15.9 Å².